The number of hydrogen-bond donors (Lipinski definition) is 3. The van der Waals surface area contributed by atoms with Crippen LogP contribution in [0.25, 0.3) is 0 Å². The second kappa shape index (κ2) is 13.3. The van der Waals surface area contributed by atoms with Gasteiger partial charge in [-0.15, -0.1) is 0 Å². The summed E-state index contributed by atoms with van der Waals surface area (Å²) in [6.45, 7) is 8.30. The number of carbonyl (C=O) groups excluding carboxylic acids is 3. The van der Waals surface area contributed by atoms with Gasteiger partial charge in [0.2, 0.25) is 17.7 Å². The zero-order valence-electron chi connectivity index (χ0n) is 22.0. The number of nitrogens with zero attached hydrogens (tertiary/aromatic N) is 2. The molecule has 0 radical (unpaired) electrons. The first kappa shape index (κ1) is 27.5. The Morgan fingerprint density at radius 3 is 2.30 bits per heavy atom. The third-order valence-corrected chi connectivity index (χ3v) is 8.32. The van der Waals surface area contributed by atoms with Crippen LogP contribution in [-0.4, -0.2) is 92.6 Å². The molecule has 9 nitrogen and oxygen atoms in total. The van der Waals surface area contributed by atoms with Gasteiger partial charge in [0.25, 0.3) is 0 Å². The van der Waals surface area contributed by atoms with E-state index in [1.165, 1.54) is 0 Å². The van der Waals surface area contributed by atoms with Crippen molar-refractivity contribution in [1.29, 1.82) is 0 Å². The number of amides is 3. The Bertz CT molecular complexity index is 891. The monoisotopic (exact) mass is 513 g/mol. The van der Waals surface area contributed by atoms with Gasteiger partial charge in [-0.1, -0.05) is 43.2 Å². The molecule has 2 heterocycles. The smallest absolute Gasteiger partial charge is 0.242 e. The fourth-order valence-corrected chi connectivity index (χ4v) is 5.87. The molecule has 0 spiro atoms. The summed E-state index contributed by atoms with van der Waals surface area (Å²) in [7, 11) is 0. The van der Waals surface area contributed by atoms with E-state index >= 15 is 0 Å². The molecule has 1 aromatic carbocycles. The largest absolute Gasteiger partial charge is 0.381 e. The van der Waals surface area contributed by atoms with E-state index in [1.54, 1.807) is 0 Å². The van der Waals surface area contributed by atoms with Gasteiger partial charge in [0.15, 0.2) is 0 Å². The Kier molecular flexibility index (Phi) is 9.94. The van der Waals surface area contributed by atoms with E-state index in [9.17, 15) is 14.4 Å². The quantitative estimate of drug-likeness (QED) is 0.379. The molecule has 37 heavy (non-hydrogen) atoms. The van der Waals surface area contributed by atoms with Crippen LogP contribution in [0.1, 0.15) is 44.1 Å². The van der Waals surface area contributed by atoms with Crippen LogP contribution in [0.3, 0.4) is 0 Å². The second-order valence-electron chi connectivity index (χ2n) is 10.9. The van der Waals surface area contributed by atoms with Gasteiger partial charge < -0.3 is 26.0 Å². The Morgan fingerprint density at radius 1 is 1.00 bits per heavy atom. The van der Waals surface area contributed by atoms with Crippen molar-refractivity contribution in [3.63, 3.8) is 0 Å². The van der Waals surface area contributed by atoms with E-state index in [0.717, 1.165) is 89.6 Å². The highest BCUT2D eigenvalue weighted by atomic mass is 16.5. The summed E-state index contributed by atoms with van der Waals surface area (Å²) in [5.74, 6) is -0.506. The zero-order chi connectivity index (χ0) is 26.1. The number of ether oxygens (including phenoxy) is 1. The maximum absolute atomic E-state index is 13.2. The molecule has 2 saturated heterocycles. The first-order valence-electron chi connectivity index (χ1n) is 13.9. The van der Waals surface area contributed by atoms with Crippen molar-refractivity contribution in [3.05, 3.63) is 35.9 Å². The van der Waals surface area contributed by atoms with Gasteiger partial charge in [0.1, 0.15) is 11.5 Å². The third-order valence-electron chi connectivity index (χ3n) is 8.32. The molecular formula is C28H43N5O4. The summed E-state index contributed by atoms with van der Waals surface area (Å²) >= 11 is 0. The minimum Gasteiger partial charge on any atom is -0.381 e. The lowest BCUT2D eigenvalue weighted by Crippen LogP contribution is -2.56. The van der Waals surface area contributed by atoms with Gasteiger partial charge in [-0.3, -0.25) is 19.3 Å². The fraction of sp³-hybridized carbons (Fsp3) is 0.679. The number of primary amides is 1. The van der Waals surface area contributed by atoms with Crippen molar-refractivity contribution < 1.29 is 19.1 Å². The maximum atomic E-state index is 13.2. The lowest BCUT2D eigenvalue weighted by Gasteiger charge is -2.37. The molecule has 9 heteroatoms. The van der Waals surface area contributed by atoms with Gasteiger partial charge in [-0.05, 0) is 37.2 Å². The number of nitrogens with one attached hydrogen (secondary N) is 2. The Balaban J connectivity index is 1.26. The number of benzene rings is 1. The average molecular weight is 514 g/mol. The maximum Gasteiger partial charge on any atom is 0.242 e. The highest BCUT2D eigenvalue weighted by molar-refractivity contribution is 6.05. The predicted octanol–water partition coefficient (Wildman–Crippen LogP) is 0.920. The Labute approximate surface area is 220 Å². The minimum atomic E-state index is -1.21. The van der Waals surface area contributed by atoms with Crippen molar-refractivity contribution in [3.8, 4) is 0 Å². The zero-order valence-corrected chi connectivity index (χ0v) is 22.0. The van der Waals surface area contributed by atoms with Crippen molar-refractivity contribution in [1.82, 2.24) is 20.4 Å². The molecule has 3 aliphatic rings. The van der Waals surface area contributed by atoms with E-state index in [1.807, 2.05) is 30.3 Å². The normalized spacial score (nSPS) is 21.8. The first-order chi connectivity index (χ1) is 18.0. The van der Waals surface area contributed by atoms with Crippen LogP contribution in [0.2, 0.25) is 0 Å². The highest BCUT2D eigenvalue weighted by Crippen LogP contribution is 2.38. The van der Waals surface area contributed by atoms with Crippen LogP contribution < -0.4 is 16.4 Å². The molecule has 1 saturated carbocycles. The SMILES string of the molecule is NC(=O)C1(C(=O)N[C@H](Cc2ccccc2)C(=O)NCCN2CCN(CC3CCOCC3)CC2)CCCC1. The molecule has 0 bridgehead atoms. The molecule has 4 rings (SSSR count). The number of piperazine rings is 1. The van der Waals surface area contributed by atoms with Crippen LogP contribution in [0.4, 0.5) is 0 Å². The first-order valence-corrected chi connectivity index (χ1v) is 13.9. The highest BCUT2D eigenvalue weighted by Gasteiger charge is 2.47. The molecule has 3 fully saturated rings. The van der Waals surface area contributed by atoms with Crippen LogP contribution >= 0.6 is 0 Å². The molecule has 3 amide bonds. The van der Waals surface area contributed by atoms with Crippen molar-refractivity contribution in [2.45, 2.75) is 51.0 Å². The lowest BCUT2D eigenvalue weighted by atomic mass is 9.84. The van der Waals surface area contributed by atoms with Crippen LogP contribution in [0, 0.1) is 11.3 Å². The van der Waals surface area contributed by atoms with Gasteiger partial charge >= 0.3 is 0 Å². The van der Waals surface area contributed by atoms with E-state index < -0.39 is 23.3 Å². The lowest BCUT2D eigenvalue weighted by molar-refractivity contribution is -0.143. The van der Waals surface area contributed by atoms with Crippen molar-refractivity contribution >= 4 is 17.7 Å². The predicted molar refractivity (Wildman–Crippen MR) is 142 cm³/mol. The van der Waals surface area contributed by atoms with Crippen LogP contribution in [0.5, 0.6) is 0 Å². The van der Waals surface area contributed by atoms with Gasteiger partial charge in [-0.2, -0.15) is 0 Å². The summed E-state index contributed by atoms with van der Waals surface area (Å²) in [4.78, 5) is 43.5. The molecule has 1 aromatic rings. The average Bonchev–Trinajstić information content (AvgIpc) is 3.42. The van der Waals surface area contributed by atoms with E-state index in [4.69, 9.17) is 10.5 Å². The van der Waals surface area contributed by atoms with Gasteiger partial charge in [-0.25, -0.2) is 0 Å². The number of nitrogens with two attached hydrogens (primary N) is 1. The summed E-state index contributed by atoms with van der Waals surface area (Å²) in [5.41, 5.74) is 5.39. The molecule has 4 N–H and O–H groups in total. The van der Waals surface area contributed by atoms with Crippen LogP contribution in [0.15, 0.2) is 30.3 Å². The molecule has 1 atom stereocenters. The van der Waals surface area contributed by atoms with E-state index in [2.05, 4.69) is 20.4 Å². The topological polar surface area (TPSA) is 117 Å². The van der Waals surface area contributed by atoms with Gasteiger partial charge in [0, 0.05) is 65.4 Å². The van der Waals surface area contributed by atoms with Crippen LogP contribution in [-0.2, 0) is 25.5 Å². The molecule has 1 aliphatic carbocycles. The minimum absolute atomic E-state index is 0.229. The summed E-state index contributed by atoms with van der Waals surface area (Å²) < 4.78 is 5.48. The molecule has 2 aliphatic heterocycles. The standard InChI is InChI=1S/C28H43N5O4/c29-26(35)28(10-4-5-11-28)27(36)31-24(20-22-6-2-1-3-7-22)25(34)30-12-13-32-14-16-33(17-15-32)21-23-8-18-37-19-9-23/h1-3,6-7,23-24H,4-5,8-21H2,(H2,29,35)(H,30,34)(H,31,36)/t24-/m1/s1. The molecule has 0 aromatic heterocycles. The molecular weight excluding hydrogens is 470 g/mol. The molecule has 204 valence electrons. The number of rotatable bonds is 11. The summed E-state index contributed by atoms with van der Waals surface area (Å²) in [6.07, 6.45) is 5.13. The second-order valence-corrected chi connectivity index (χ2v) is 10.9. The Hall–Kier alpha value is -2.49. The fourth-order valence-electron chi connectivity index (χ4n) is 5.87. The number of carbonyl (C=O) groups is 3. The van der Waals surface area contributed by atoms with E-state index in [0.29, 0.717) is 25.8 Å². The summed E-state index contributed by atoms with van der Waals surface area (Å²) in [5, 5.41) is 5.91. The summed E-state index contributed by atoms with van der Waals surface area (Å²) in [6, 6.07) is 8.85. The van der Waals surface area contributed by atoms with E-state index in [-0.39, 0.29) is 5.91 Å². The number of hydrogen-bond acceptors (Lipinski definition) is 6. The third kappa shape index (κ3) is 7.52. The molecule has 0 unspecified atom stereocenters. The van der Waals surface area contributed by atoms with Crippen molar-refractivity contribution in [2.24, 2.45) is 17.1 Å². The van der Waals surface area contributed by atoms with Gasteiger partial charge in [0.05, 0.1) is 0 Å². The van der Waals surface area contributed by atoms with Crippen molar-refractivity contribution in [2.75, 3.05) is 59.0 Å². The Morgan fingerprint density at radius 2 is 1.65 bits per heavy atom.